The average Bonchev–Trinajstić information content (AvgIpc) is 3.16. The zero-order chi connectivity index (χ0) is 13.9. The Kier molecular flexibility index (Phi) is 3.58. The highest BCUT2D eigenvalue weighted by Crippen LogP contribution is 2.27. The van der Waals surface area contributed by atoms with Crippen molar-refractivity contribution < 1.29 is 14.6 Å². The Labute approximate surface area is 116 Å². The van der Waals surface area contributed by atoms with Crippen LogP contribution in [0.2, 0.25) is 0 Å². The van der Waals surface area contributed by atoms with E-state index in [1.165, 1.54) is 6.33 Å². The molecule has 0 aliphatic carbocycles. The van der Waals surface area contributed by atoms with Crippen LogP contribution in [0.5, 0.6) is 0 Å². The van der Waals surface area contributed by atoms with Gasteiger partial charge in [0.1, 0.15) is 6.33 Å². The third-order valence-corrected chi connectivity index (χ3v) is 3.33. The summed E-state index contributed by atoms with van der Waals surface area (Å²) in [6.45, 7) is 0.000992. The number of carbonyl (C=O) groups excluding carboxylic acids is 1. The van der Waals surface area contributed by atoms with Gasteiger partial charge in [-0.05, 0) is 12.8 Å². The predicted molar refractivity (Wildman–Crippen MR) is 70.1 cm³/mol. The lowest BCUT2D eigenvalue weighted by atomic mass is 10.1. The fourth-order valence-electron chi connectivity index (χ4n) is 2.25. The van der Waals surface area contributed by atoms with Gasteiger partial charge in [0.05, 0.1) is 12.7 Å². The van der Waals surface area contributed by atoms with Crippen molar-refractivity contribution in [2.75, 3.05) is 6.61 Å². The number of aromatic nitrogens is 3. The van der Waals surface area contributed by atoms with Crippen LogP contribution in [0, 0.1) is 0 Å². The molecule has 1 fully saturated rings. The van der Waals surface area contributed by atoms with Gasteiger partial charge < -0.3 is 9.84 Å². The van der Waals surface area contributed by atoms with Crippen molar-refractivity contribution in [3.63, 3.8) is 0 Å². The molecule has 6 nitrogen and oxygen atoms in total. The van der Waals surface area contributed by atoms with E-state index in [0.29, 0.717) is 5.56 Å². The number of ether oxygens (including phenoxy) is 1. The Balaban J connectivity index is 1.76. The van der Waals surface area contributed by atoms with E-state index in [1.807, 2.05) is 6.07 Å². The molecule has 0 bridgehead atoms. The molecule has 20 heavy (non-hydrogen) atoms. The Morgan fingerprint density at radius 1 is 1.35 bits per heavy atom. The van der Waals surface area contributed by atoms with Gasteiger partial charge in [0.15, 0.2) is 6.23 Å². The zero-order valence-electron chi connectivity index (χ0n) is 10.8. The molecule has 0 amide bonds. The topological polar surface area (TPSA) is 77.2 Å². The molecule has 1 saturated heterocycles. The summed E-state index contributed by atoms with van der Waals surface area (Å²) in [5.74, 6) is -0.0479. The Morgan fingerprint density at radius 3 is 2.85 bits per heavy atom. The normalized spacial score (nSPS) is 22.1. The molecule has 104 valence electrons. The minimum atomic E-state index is -0.253. The first-order chi connectivity index (χ1) is 9.78. The number of aliphatic hydroxyl groups excluding tert-OH is 1. The fraction of sp³-hybridized carbons (Fsp3) is 0.357. The molecule has 0 saturated carbocycles. The van der Waals surface area contributed by atoms with E-state index in [1.54, 1.807) is 28.9 Å². The number of nitrogens with zero attached hydrogens (tertiary/aromatic N) is 3. The maximum Gasteiger partial charge on any atom is 0.232 e. The zero-order valence-corrected chi connectivity index (χ0v) is 10.8. The summed E-state index contributed by atoms with van der Waals surface area (Å²) in [7, 11) is 0. The van der Waals surface area contributed by atoms with Gasteiger partial charge in [-0.25, -0.2) is 9.67 Å². The number of carbonyl (C=O) groups is 1. The molecular formula is C14H15N3O3. The first-order valence-corrected chi connectivity index (χ1v) is 6.55. The van der Waals surface area contributed by atoms with Gasteiger partial charge in [-0.15, -0.1) is 5.10 Å². The minimum absolute atomic E-state index is 0.000992. The molecule has 1 aromatic heterocycles. The summed E-state index contributed by atoms with van der Waals surface area (Å²) in [5.41, 5.74) is 0.561. The Morgan fingerprint density at radius 2 is 2.15 bits per heavy atom. The highest BCUT2D eigenvalue weighted by atomic mass is 16.5. The molecule has 6 heteroatoms. The van der Waals surface area contributed by atoms with Crippen molar-refractivity contribution in [1.29, 1.82) is 0 Å². The second kappa shape index (κ2) is 5.52. The summed E-state index contributed by atoms with van der Waals surface area (Å²) in [6.07, 6.45) is 2.63. The third kappa shape index (κ3) is 2.48. The van der Waals surface area contributed by atoms with Gasteiger partial charge in [0.2, 0.25) is 11.6 Å². The van der Waals surface area contributed by atoms with Gasteiger partial charge in [0, 0.05) is 5.56 Å². The van der Waals surface area contributed by atoms with Crippen LogP contribution in [0.4, 0.5) is 0 Å². The second-order valence-corrected chi connectivity index (χ2v) is 4.72. The van der Waals surface area contributed by atoms with Crippen LogP contribution in [0.25, 0.3) is 0 Å². The number of rotatable bonds is 4. The number of hydrogen-bond donors (Lipinski definition) is 1. The SMILES string of the molecule is O=C(c1ccccc1)c1ncn(C2CCC(CO)O2)n1. The van der Waals surface area contributed by atoms with Crippen molar-refractivity contribution in [1.82, 2.24) is 14.8 Å². The Bertz CT molecular complexity index is 597. The Hall–Kier alpha value is -2.05. The second-order valence-electron chi connectivity index (χ2n) is 4.72. The molecule has 2 aromatic rings. The quantitative estimate of drug-likeness (QED) is 0.846. The highest BCUT2D eigenvalue weighted by Gasteiger charge is 2.27. The first-order valence-electron chi connectivity index (χ1n) is 6.55. The van der Waals surface area contributed by atoms with Crippen LogP contribution >= 0.6 is 0 Å². The highest BCUT2D eigenvalue weighted by molar-refractivity contribution is 6.06. The standard InChI is InChI=1S/C14H15N3O3/c18-8-11-6-7-12(20-11)17-9-15-14(16-17)13(19)10-4-2-1-3-5-10/h1-5,9,11-12,18H,6-8H2. The smallest absolute Gasteiger partial charge is 0.232 e. The molecular weight excluding hydrogens is 258 g/mol. The largest absolute Gasteiger partial charge is 0.394 e. The number of ketones is 1. The van der Waals surface area contributed by atoms with E-state index >= 15 is 0 Å². The summed E-state index contributed by atoms with van der Waals surface area (Å²) in [4.78, 5) is 16.2. The summed E-state index contributed by atoms with van der Waals surface area (Å²) < 4.78 is 7.14. The lowest BCUT2D eigenvalue weighted by Gasteiger charge is -2.11. The molecule has 0 radical (unpaired) electrons. The van der Waals surface area contributed by atoms with E-state index in [2.05, 4.69) is 10.1 Å². The lowest BCUT2D eigenvalue weighted by molar-refractivity contribution is -0.0284. The van der Waals surface area contributed by atoms with E-state index in [4.69, 9.17) is 9.84 Å². The summed E-state index contributed by atoms with van der Waals surface area (Å²) in [6, 6.07) is 8.92. The molecule has 2 atom stereocenters. The van der Waals surface area contributed by atoms with Gasteiger partial charge in [-0.3, -0.25) is 4.79 Å². The van der Waals surface area contributed by atoms with Crippen LogP contribution < -0.4 is 0 Å². The maximum atomic E-state index is 12.2. The molecule has 1 aromatic carbocycles. The van der Waals surface area contributed by atoms with Gasteiger partial charge >= 0.3 is 0 Å². The van der Waals surface area contributed by atoms with Gasteiger partial charge in [-0.2, -0.15) is 0 Å². The average molecular weight is 273 g/mol. The third-order valence-electron chi connectivity index (χ3n) is 3.33. The molecule has 1 aliphatic heterocycles. The van der Waals surface area contributed by atoms with Crippen molar-refractivity contribution >= 4 is 5.78 Å². The van der Waals surface area contributed by atoms with Crippen molar-refractivity contribution in [2.45, 2.75) is 25.2 Å². The maximum absolute atomic E-state index is 12.2. The van der Waals surface area contributed by atoms with Crippen molar-refractivity contribution in [2.24, 2.45) is 0 Å². The van der Waals surface area contributed by atoms with Crippen molar-refractivity contribution in [3.8, 4) is 0 Å². The first kappa shape index (κ1) is 13.0. The lowest BCUT2D eigenvalue weighted by Crippen LogP contribution is -2.15. The molecule has 2 unspecified atom stereocenters. The van der Waals surface area contributed by atoms with Crippen LogP contribution in [0.15, 0.2) is 36.7 Å². The van der Waals surface area contributed by atoms with E-state index in [0.717, 1.165) is 12.8 Å². The van der Waals surface area contributed by atoms with E-state index in [-0.39, 0.29) is 30.5 Å². The molecule has 2 heterocycles. The number of hydrogen-bond acceptors (Lipinski definition) is 5. The summed E-state index contributed by atoms with van der Waals surface area (Å²) >= 11 is 0. The monoisotopic (exact) mass is 273 g/mol. The molecule has 3 rings (SSSR count). The van der Waals surface area contributed by atoms with Crippen LogP contribution in [0.1, 0.15) is 35.3 Å². The van der Waals surface area contributed by atoms with Crippen LogP contribution in [0.3, 0.4) is 0 Å². The van der Waals surface area contributed by atoms with E-state index in [9.17, 15) is 4.79 Å². The molecule has 1 aliphatic rings. The number of benzene rings is 1. The fourth-order valence-corrected chi connectivity index (χ4v) is 2.25. The molecule has 1 N–H and O–H groups in total. The van der Waals surface area contributed by atoms with Crippen LogP contribution in [-0.4, -0.2) is 38.4 Å². The van der Waals surface area contributed by atoms with Gasteiger partial charge in [0.25, 0.3) is 0 Å². The minimum Gasteiger partial charge on any atom is -0.394 e. The van der Waals surface area contributed by atoms with Crippen molar-refractivity contribution in [3.05, 3.63) is 48.0 Å². The summed E-state index contributed by atoms with van der Waals surface area (Å²) in [5, 5.41) is 13.2. The predicted octanol–water partition coefficient (Wildman–Crippen LogP) is 1.18. The molecule has 0 spiro atoms. The number of aliphatic hydroxyl groups is 1. The van der Waals surface area contributed by atoms with Gasteiger partial charge in [-0.1, -0.05) is 30.3 Å². The van der Waals surface area contributed by atoms with E-state index < -0.39 is 0 Å². The van der Waals surface area contributed by atoms with Crippen LogP contribution in [-0.2, 0) is 4.74 Å².